The predicted octanol–water partition coefficient (Wildman–Crippen LogP) is 1.94. The minimum atomic E-state index is -5.05. The lowest BCUT2D eigenvalue weighted by Crippen LogP contribution is -2.76. The van der Waals surface area contributed by atoms with E-state index < -0.39 is 68.7 Å². The Labute approximate surface area is 155 Å². The van der Waals surface area contributed by atoms with Gasteiger partial charge in [0.2, 0.25) is 15.8 Å². The van der Waals surface area contributed by atoms with E-state index in [0.29, 0.717) is 15.6 Å². The van der Waals surface area contributed by atoms with Gasteiger partial charge in [-0.2, -0.15) is 4.31 Å². The summed E-state index contributed by atoms with van der Waals surface area (Å²) in [6, 6.07) is 6.38. The largest absolute Gasteiger partial charge is 0.360 e. The Kier molecular flexibility index (Phi) is 3.91. The van der Waals surface area contributed by atoms with Gasteiger partial charge >= 0.3 is 0 Å². The lowest BCUT2D eigenvalue weighted by molar-refractivity contribution is 0.0771. The molecule has 2 aliphatic heterocycles. The highest BCUT2D eigenvalue weighted by molar-refractivity contribution is 7.89. The number of nitrogens with one attached hydrogen (secondary N) is 2. The Morgan fingerprint density at radius 3 is 2.00 bits per heavy atom. The maximum absolute atomic E-state index is 13.9. The van der Waals surface area contributed by atoms with Gasteiger partial charge < -0.3 is 10.6 Å². The number of amides is 1. The van der Waals surface area contributed by atoms with Gasteiger partial charge in [0.1, 0.15) is 5.66 Å². The molecule has 0 aliphatic carbocycles. The third-order valence-electron chi connectivity index (χ3n) is 4.56. The topological polar surface area (TPSA) is 78.5 Å². The summed E-state index contributed by atoms with van der Waals surface area (Å²) in [5.74, 6) is -12.5. The highest BCUT2D eigenvalue weighted by Gasteiger charge is 2.53. The van der Waals surface area contributed by atoms with Crippen LogP contribution in [0.2, 0.25) is 0 Å². The molecule has 0 atom stereocenters. The number of rotatable bonds is 2. The van der Waals surface area contributed by atoms with Crippen molar-refractivity contribution in [2.24, 2.45) is 0 Å². The van der Waals surface area contributed by atoms with E-state index in [0.717, 1.165) is 0 Å². The Balaban J connectivity index is 1.66. The van der Waals surface area contributed by atoms with E-state index >= 15 is 0 Å². The van der Waals surface area contributed by atoms with E-state index in [1.807, 2.05) is 0 Å². The maximum atomic E-state index is 13.9. The number of benzene rings is 2. The standard InChI is InChI=1S/C16H10F5N3O3S/c17-9-10(18)12(20)14(13(21)11(9)19)28(26,27)24-5-16(6-24)22-8-4-2-1-3-7(8)15(25)23-16/h1-4,22H,5-6H2,(H,23,25). The van der Waals surface area contributed by atoms with Crippen LogP contribution in [0.5, 0.6) is 0 Å². The number of para-hydroxylation sites is 1. The number of carbonyl (C=O) groups is 1. The lowest BCUT2D eigenvalue weighted by atomic mass is 9.97. The smallest absolute Gasteiger partial charge is 0.255 e. The average molecular weight is 419 g/mol. The monoisotopic (exact) mass is 419 g/mol. The van der Waals surface area contributed by atoms with Crippen molar-refractivity contribution in [3.63, 3.8) is 0 Å². The van der Waals surface area contributed by atoms with Crippen LogP contribution in [0.25, 0.3) is 0 Å². The van der Waals surface area contributed by atoms with Crippen molar-refractivity contribution in [3.8, 4) is 0 Å². The fraction of sp³-hybridized carbons (Fsp3) is 0.188. The van der Waals surface area contributed by atoms with Crippen molar-refractivity contribution in [3.05, 3.63) is 58.9 Å². The summed E-state index contributed by atoms with van der Waals surface area (Å²) in [6.45, 7) is -0.955. The van der Waals surface area contributed by atoms with Gasteiger partial charge in [-0.25, -0.2) is 30.4 Å². The summed E-state index contributed by atoms with van der Waals surface area (Å²) in [7, 11) is -5.05. The molecule has 2 heterocycles. The Bertz CT molecular complexity index is 1100. The molecule has 1 saturated heterocycles. The highest BCUT2D eigenvalue weighted by Crippen LogP contribution is 2.36. The molecule has 4 rings (SSSR count). The Morgan fingerprint density at radius 1 is 0.857 bits per heavy atom. The summed E-state index contributed by atoms with van der Waals surface area (Å²) >= 11 is 0. The molecule has 28 heavy (non-hydrogen) atoms. The van der Waals surface area contributed by atoms with E-state index in [1.54, 1.807) is 18.2 Å². The first kappa shape index (κ1) is 18.6. The fourth-order valence-electron chi connectivity index (χ4n) is 3.19. The predicted molar refractivity (Wildman–Crippen MR) is 85.3 cm³/mol. The van der Waals surface area contributed by atoms with E-state index in [-0.39, 0.29) is 0 Å². The minimum Gasteiger partial charge on any atom is -0.360 e. The van der Waals surface area contributed by atoms with Crippen LogP contribution in [0, 0.1) is 29.1 Å². The molecule has 1 spiro atoms. The zero-order valence-electron chi connectivity index (χ0n) is 13.7. The molecule has 0 unspecified atom stereocenters. The van der Waals surface area contributed by atoms with Crippen LogP contribution in [0.1, 0.15) is 10.4 Å². The zero-order chi connectivity index (χ0) is 20.4. The van der Waals surface area contributed by atoms with Crippen LogP contribution in [0.15, 0.2) is 29.2 Å². The zero-order valence-corrected chi connectivity index (χ0v) is 14.5. The molecular formula is C16H10F5N3O3S. The third-order valence-corrected chi connectivity index (χ3v) is 6.37. The minimum absolute atomic E-state index is 0.314. The van der Waals surface area contributed by atoms with Crippen molar-refractivity contribution in [2.45, 2.75) is 10.6 Å². The second kappa shape index (κ2) is 5.88. The molecule has 1 fully saturated rings. The van der Waals surface area contributed by atoms with Crippen molar-refractivity contribution in [2.75, 3.05) is 18.4 Å². The van der Waals surface area contributed by atoms with Crippen LogP contribution < -0.4 is 10.6 Å². The SMILES string of the molecule is O=C1NC2(CN(S(=O)(=O)c3c(F)c(F)c(F)c(F)c3F)C2)Nc2ccccc21. The highest BCUT2D eigenvalue weighted by atomic mass is 32.2. The van der Waals surface area contributed by atoms with E-state index in [2.05, 4.69) is 10.6 Å². The molecule has 1 amide bonds. The normalized spacial score (nSPS) is 18.2. The van der Waals surface area contributed by atoms with Crippen LogP contribution in [0.3, 0.4) is 0 Å². The molecule has 0 aromatic heterocycles. The fourth-order valence-corrected chi connectivity index (χ4v) is 4.86. The molecule has 0 bridgehead atoms. The number of anilines is 1. The number of carbonyl (C=O) groups excluding carboxylic acids is 1. The van der Waals surface area contributed by atoms with Gasteiger partial charge in [0.15, 0.2) is 28.2 Å². The number of halogens is 5. The first-order valence-corrected chi connectivity index (χ1v) is 9.23. The molecule has 6 nitrogen and oxygen atoms in total. The summed E-state index contributed by atoms with van der Waals surface area (Å²) in [5, 5.41) is 5.47. The summed E-state index contributed by atoms with van der Waals surface area (Å²) in [6.07, 6.45) is 0. The molecule has 12 heteroatoms. The summed E-state index contributed by atoms with van der Waals surface area (Å²) < 4.78 is 93.2. The Hall–Kier alpha value is -2.73. The molecule has 0 radical (unpaired) electrons. The lowest BCUT2D eigenvalue weighted by Gasteiger charge is -2.51. The van der Waals surface area contributed by atoms with Crippen LogP contribution >= 0.6 is 0 Å². The number of hydrogen-bond donors (Lipinski definition) is 2. The van der Waals surface area contributed by atoms with Gasteiger partial charge in [0.25, 0.3) is 5.91 Å². The molecule has 0 saturated carbocycles. The number of nitrogens with zero attached hydrogens (tertiary/aromatic N) is 1. The first-order chi connectivity index (χ1) is 13.1. The van der Waals surface area contributed by atoms with Crippen molar-refractivity contribution < 1.29 is 35.2 Å². The van der Waals surface area contributed by atoms with Crippen molar-refractivity contribution in [1.29, 1.82) is 0 Å². The van der Waals surface area contributed by atoms with Crippen LogP contribution in [0.4, 0.5) is 27.6 Å². The first-order valence-electron chi connectivity index (χ1n) is 7.79. The second-order valence-corrected chi connectivity index (χ2v) is 8.25. The third kappa shape index (κ3) is 2.48. The van der Waals surface area contributed by atoms with Crippen molar-refractivity contribution >= 4 is 21.6 Å². The maximum Gasteiger partial charge on any atom is 0.255 e. The van der Waals surface area contributed by atoms with Gasteiger partial charge in [-0.1, -0.05) is 12.1 Å². The molecule has 148 valence electrons. The van der Waals surface area contributed by atoms with E-state index in [4.69, 9.17) is 0 Å². The molecule has 2 N–H and O–H groups in total. The van der Waals surface area contributed by atoms with Gasteiger partial charge in [-0.05, 0) is 12.1 Å². The van der Waals surface area contributed by atoms with Crippen molar-refractivity contribution in [1.82, 2.24) is 9.62 Å². The number of hydrogen-bond acceptors (Lipinski definition) is 4. The van der Waals surface area contributed by atoms with Gasteiger partial charge in [0.05, 0.1) is 18.7 Å². The van der Waals surface area contributed by atoms with Gasteiger partial charge in [-0.3, -0.25) is 4.79 Å². The molecule has 2 aliphatic rings. The molecular weight excluding hydrogens is 409 g/mol. The quantitative estimate of drug-likeness (QED) is 0.443. The van der Waals surface area contributed by atoms with Gasteiger partial charge in [0, 0.05) is 5.69 Å². The summed E-state index contributed by atoms with van der Waals surface area (Å²) in [4.78, 5) is 10.2. The van der Waals surface area contributed by atoms with Gasteiger partial charge in [-0.15, -0.1) is 0 Å². The van der Waals surface area contributed by atoms with Crippen LogP contribution in [-0.2, 0) is 10.0 Å². The number of fused-ring (bicyclic) bond motifs is 1. The summed E-state index contributed by atoms with van der Waals surface area (Å²) in [5.41, 5.74) is -0.531. The van der Waals surface area contributed by atoms with Crippen LogP contribution in [-0.4, -0.2) is 37.4 Å². The second-order valence-electron chi connectivity index (χ2n) is 6.38. The molecule has 2 aromatic carbocycles. The van der Waals surface area contributed by atoms with E-state index in [9.17, 15) is 35.2 Å². The number of sulfonamides is 1. The molecule has 2 aromatic rings. The average Bonchev–Trinajstić information content (AvgIpc) is 2.62. The Morgan fingerprint density at radius 2 is 1.39 bits per heavy atom. The van der Waals surface area contributed by atoms with E-state index in [1.165, 1.54) is 6.07 Å².